The number of aliphatic imine (C=N–C) groups is 1. The smallest absolute Gasteiger partial charge is 0.410 e. The van der Waals surface area contributed by atoms with E-state index in [-0.39, 0.29) is 6.04 Å². The van der Waals surface area contributed by atoms with Gasteiger partial charge in [0.15, 0.2) is 0 Å². The van der Waals surface area contributed by atoms with E-state index < -0.39 is 12.1 Å². The lowest BCUT2D eigenvalue weighted by Gasteiger charge is -2.23. The molecule has 0 N–H and O–H groups in total. The van der Waals surface area contributed by atoms with Gasteiger partial charge < -0.3 is 4.74 Å². The maximum Gasteiger partial charge on any atom is 0.423 e. The number of urea groups is 1. The van der Waals surface area contributed by atoms with E-state index in [1.807, 2.05) is 0 Å². The Morgan fingerprint density at radius 3 is 2.45 bits per heavy atom. The molecule has 0 aromatic heterocycles. The van der Waals surface area contributed by atoms with Crippen LogP contribution in [0.5, 0.6) is 5.75 Å². The van der Waals surface area contributed by atoms with Crippen molar-refractivity contribution in [2.45, 2.75) is 31.7 Å². The molecule has 1 aromatic carbocycles. The maximum atomic E-state index is 12.1. The van der Waals surface area contributed by atoms with Gasteiger partial charge in [-0.1, -0.05) is 31.0 Å². The van der Waals surface area contributed by atoms with Gasteiger partial charge in [-0.3, -0.25) is 0 Å². The van der Waals surface area contributed by atoms with E-state index in [0.29, 0.717) is 18.6 Å². The number of benzene rings is 1. The Hall–Kier alpha value is -2.46. The zero-order valence-electron chi connectivity index (χ0n) is 10.8. The van der Waals surface area contributed by atoms with Crippen molar-refractivity contribution in [3.63, 3.8) is 0 Å². The molecule has 0 bridgehead atoms. The molecule has 1 aliphatic carbocycles. The molecular weight excluding hydrogens is 260 g/mol. The quantitative estimate of drug-likeness (QED) is 0.613. The van der Waals surface area contributed by atoms with E-state index in [2.05, 4.69) is 4.99 Å². The SMILES string of the molecule is O=C=NC(=O)N(C(=O)Oc1ccccc1)C1CCCC1. The summed E-state index contributed by atoms with van der Waals surface area (Å²) in [5.74, 6) is 0.336. The third-order valence-electron chi connectivity index (χ3n) is 3.18. The Morgan fingerprint density at radius 1 is 1.20 bits per heavy atom. The summed E-state index contributed by atoms with van der Waals surface area (Å²) in [4.78, 5) is 38.0. The molecular formula is C14H14N2O4. The first kappa shape index (κ1) is 14.0. The lowest BCUT2D eigenvalue weighted by Crippen LogP contribution is -2.43. The van der Waals surface area contributed by atoms with Crippen molar-refractivity contribution in [1.29, 1.82) is 0 Å². The van der Waals surface area contributed by atoms with Gasteiger partial charge in [0.1, 0.15) is 5.75 Å². The van der Waals surface area contributed by atoms with E-state index in [4.69, 9.17) is 4.74 Å². The van der Waals surface area contributed by atoms with Crippen molar-refractivity contribution in [1.82, 2.24) is 4.90 Å². The minimum Gasteiger partial charge on any atom is -0.410 e. The lowest BCUT2D eigenvalue weighted by atomic mass is 10.2. The molecule has 1 saturated carbocycles. The summed E-state index contributed by atoms with van der Waals surface area (Å²) in [5, 5.41) is 0. The van der Waals surface area contributed by atoms with Gasteiger partial charge in [-0.05, 0) is 25.0 Å². The zero-order chi connectivity index (χ0) is 14.4. The van der Waals surface area contributed by atoms with Crippen molar-refractivity contribution in [2.24, 2.45) is 4.99 Å². The van der Waals surface area contributed by atoms with Gasteiger partial charge in [-0.25, -0.2) is 19.3 Å². The highest BCUT2D eigenvalue weighted by Crippen LogP contribution is 2.25. The standard InChI is InChI=1S/C14H14N2O4/c17-10-15-13(18)16(11-6-4-5-7-11)14(19)20-12-8-2-1-3-9-12/h1-3,8-9,11H,4-7H2. The molecule has 0 saturated heterocycles. The highest BCUT2D eigenvalue weighted by Gasteiger charge is 2.33. The largest absolute Gasteiger partial charge is 0.423 e. The Labute approximate surface area is 116 Å². The average Bonchev–Trinajstić information content (AvgIpc) is 2.94. The van der Waals surface area contributed by atoms with Crippen molar-refractivity contribution in [2.75, 3.05) is 0 Å². The fraction of sp³-hybridized carbons (Fsp3) is 0.357. The topological polar surface area (TPSA) is 76.0 Å². The molecule has 0 unspecified atom stereocenters. The van der Waals surface area contributed by atoms with Crippen LogP contribution < -0.4 is 4.74 Å². The number of hydrogen-bond acceptors (Lipinski definition) is 4. The number of nitrogens with zero attached hydrogens (tertiary/aromatic N) is 2. The van der Waals surface area contributed by atoms with Gasteiger partial charge in [0.2, 0.25) is 6.08 Å². The van der Waals surface area contributed by atoms with Crippen molar-refractivity contribution in [3.8, 4) is 5.75 Å². The number of ether oxygens (including phenoxy) is 1. The Bertz CT molecular complexity index is 531. The fourth-order valence-electron chi connectivity index (χ4n) is 2.28. The van der Waals surface area contributed by atoms with Crippen LogP contribution in [-0.4, -0.2) is 29.1 Å². The van der Waals surface area contributed by atoms with Crippen molar-refractivity contribution in [3.05, 3.63) is 30.3 Å². The maximum absolute atomic E-state index is 12.1. The van der Waals surface area contributed by atoms with Crippen LogP contribution in [0.1, 0.15) is 25.7 Å². The van der Waals surface area contributed by atoms with Crippen LogP contribution in [0.2, 0.25) is 0 Å². The summed E-state index contributed by atoms with van der Waals surface area (Å²) in [6.07, 6.45) is 3.61. The third kappa shape index (κ3) is 3.30. The highest BCUT2D eigenvalue weighted by molar-refractivity contribution is 5.94. The minimum atomic E-state index is -0.923. The van der Waals surface area contributed by atoms with Crippen LogP contribution >= 0.6 is 0 Å². The van der Waals surface area contributed by atoms with E-state index >= 15 is 0 Å². The predicted octanol–water partition coefficient (Wildman–Crippen LogP) is 2.89. The van der Waals surface area contributed by atoms with Gasteiger partial charge in [0.05, 0.1) is 0 Å². The number of hydrogen-bond donors (Lipinski definition) is 0. The summed E-state index contributed by atoms with van der Waals surface area (Å²) in [7, 11) is 0. The molecule has 20 heavy (non-hydrogen) atoms. The summed E-state index contributed by atoms with van der Waals surface area (Å²) >= 11 is 0. The molecule has 104 valence electrons. The monoisotopic (exact) mass is 274 g/mol. The molecule has 0 spiro atoms. The van der Waals surface area contributed by atoms with Crippen LogP contribution in [0, 0.1) is 0 Å². The highest BCUT2D eigenvalue weighted by atomic mass is 16.6. The zero-order valence-corrected chi connectivity index (χ0v) is 10.8. The fourth-order valence-corrected chi connectivity index (χ4v) is 2.28. The molecule has 0 atom stereocenters. The van der Waals surface area contributed by atoms with Gasteiger partial charge in [-0.15, -0.1) is 4.99 Å². The molecule has 6 heteroatoms. The normalized spacial score (nSPS) is 14.4. The van der Waals surface area contributed by atoms with Gasteiger partial charge in [0.25, 0.3) is 0 Å². The molecule has 1 fully saturated rings. The second kappa shape index (κ2) is 6.63. The molecule has 3 amide bonds. The van der Waals surface area contributed by atoms with Crippen molar-refractivity contribution < 1.29 is 19.1 Å². The predicted molar refractivity (Wildman–Crippen MR) is 70.1 cm³/mol. The van der Waals surface area contributed by atoms with Crippen molar-refractivity contribution >= 4 is 18.2 Å². The van der Waals surface area contributed by atoms with Gasteiger partial charge in [-0.2, -0.15) is 0 Å². The molecule has 0 heterocycles. The van der Waals surface area contributed by atoms with Gasteiger partial charge >= 0.3 is 12.1 Å². The van der Waals surface area contributed by atoms with E-state index in [1.54, 1.807) is 30.3 Å². The number of carbonyl (C=O) groups excluding carboxylic acids is 3. The Balaban J connectivity index is 2.15. The molecule has 2 rings (SSSR count). The van der Waals surface area contributed by atoms with E-state index in [0.717, 1.165) is 17.7 Å². The molecule has 1 aliphatic rings. The van der Waals surface area contributed by atoms with E-state index in [1.165, 1.54) is 6.08 Å². The average molecular weight is 274 g/mol. The lowest BCUT2D eigenvalue weighted by molar-refractivity contribution is 0.142. The molecule has 6 nitrogen and oxygen atoms in total. The first-order valence-electron chi connectivity index (χ1n) is 6.40. The number of isocyanates is 1. The molecule has 1 aromatic rings. The first-order valence-corrected chi connectivity index (χ1v) is 6.40. The minimum absolute atomic E-state index is 0.268. The van der Waals surface area contributed by atoms with Crippen LogP contribution in [-0.2, 0) is 4.79 Å². The Kier molecular flexibility index (Phi) is 4.63. The summed E-state index contributed by atoms with van der Waals surface area (Å²) < 4.78 is 5.13. The summed E-state index contributed by atoms with van der Waals surface area (Å²) in [6, 6.07) is 7.25. The van der Waals surface area contributed by atoms with Crippen LogP contribution in [0.3, 0.4) is 0 Å². The second-order valence-corrected chi connectivity index (χ2v) is 4.47. The summed E-state index contributed by atoms with van der Waals surface area (Å²) in [5.41, 5.74) is 0. The molecule has 0 radical (unpaired) electrons. The number of imide groups is 1. The van der Waals surface area contributed by atoms with Crippen LogP contribution in [0.25, 0.3) is 0 Å². The van der Waals surface area contributed by atoms with E-state index in [9.17, 15) is 14.4 Å². The first-order chi connectivity index (χ1) is 9.72. The van der Waals surface area contributed by atoms with Gasteiger partial charge in [0, 0.05) is 6.04 Å². The van der Waals surface area contributed by atoms with Crippen LogP contribution in [0.4, 0.5) is 9.59 Å². The third-order valence-corrected chi connectivity index (χ3v) is 3.18. The number of rotatable bonds is 2. The van der Waals surface area contributed by atoms with Crippen LogP contribution in [0.15, 0.2) is 35.3 Å². The Morgan fingerprint density at radius 2 is 1.85 bits per heavy atom. The molecule has 0 aliphatic heterocycles. The number of carbonyl (C=O) groups is 2. The second-order valence-electron chi connectivity index (χ2n) is 4.47. The summed E-state index contributed by atoms with van der Waals surface area (Å²) in [6.45, 7) is 0. The number of amides is 3. The number of para-hydroxylation sites is 1.